The van der Waals surface area contributed by atoms with E-state index in [4.69, 9.17) is 0 Å². The van der Waals surface area contributed by atoms with Crippen molar-refractivity contribution in [2.45, 2.75) is 33.6 Å². The van der Waals surface area contributed by atoms with Crippen molar-refractivity contribution in [2.75, 3.05) is 10.2 Å². The van der Waals surface area contributed by atoms with Crippen LogP contribution in [0.25, 0.3) is 0 Å². The van der Waals surface area contributed by atoms with Crippen molar-refractivity contribution in [1.82, 2.24) is 0 Å². The minimum absolute atomic E-state index is 0.260. The maximum atomic E-state index is 13.1. The molecule has 128 valence electrons. The van der Waals surface area contributed by atoms with Gasteiger partial charge >= 0.3 is 0 Å². The highest BCUT2D eigenvalue weighted by molar-refractivity contribution is 6.36. The number of para-hydroxylation sites is 1. The highest BCUT2D eigenvalue weighted by atomic mass is 16.2. The van der Waals surface area contributed by atoms with Crippen molar-refractivity contribution >= 4 is 29.1 Å². The van der Waals surface area contributed by atoms with Gasteiger partial charge in [0, 0.05) is 6.92 Å². The molecule has 0 fully saturated rings. The SMILES string of the molecule is CCc1cccc(CC)c1N1C(=O)c2cccc(NC(C)=O)c2C1=O. The number of imide groups is 1. The summed E-state index contributed by atoms with van der Waals surface area (Å²) in [6.45, 7) is 5.37. The molecule has 1 aliphatic rings. The third-order valence-electron chi connectivity index (χ3n) is 4.41. The van der Waals surface area contributed by atoms with Gasteiger partial charge in [0.05, 0.1) is 22.5 Å². The molecule has 0 unspecified atom stereocenters. The Balaban J connectivity index is 2.18. The quantitative estimate of drug-likeness (QED) is 0.868. The molecule has 1 aliphatic heterocycles. The van der Waals surface area contributed by atoms with Gasteiger partial charge in [0.15, 0.2) is 0 Å². The van der Waals surface area contributed by atoms with Crippen molar-refractivity contribution in [2.24, 2.45) is 0 Å². The lowest BCUT2D eigenvalue weighted by Gasteiger charge is -2.21. The summed E-state index contributed by atoms with van der Waals surface area (Å²) in [6, 6.07) is 10.8. The van der Waals surface area contributed by atoms with Gasteiger partial charge in [-0.2, -0.15) is 0 Å². The molecule has 5 heteroatoms. The molecule has 2 aromatic carbocycles. The molecule has 1 N–H and O–H groups in total. The number of benzene rings is 2. The number of amides is 3. The Hall–Kier alpha value is -2.95. The Kier molecular flexibility index (Phi) is 4.40. The Labute approximate surface area is 146 Å². The predicted molar refractivity (Wildman–Crippen MR) is 97.1 cm³/mol. The van der Waals surface area contributed by atoms with Gasteiger partial charge in [0.25, 0.3) is 11.8 Å². The van der Waals surface area contributed by atoms with E-state index in [0.717, 1.165) is 24.0 Å². The van der Waals surface area contributed by atoms with Crippen LogP contribution < -0.4 is 10.2 Å². The van der Waals surface area contributed by atoms with Gasteiger partial charge in [-0.3, -0.25) is 14.4 Å². The molecule has 5 nitrogen and oxygen atoms in total. The van der Waals surface area contributed by atoms with E-state index in [0.29, 0.717) is 16.9 Å². The monoisotopic (exact) mass is 336 g/mol. The zero-order valence-electron chi connectivity index (χ0n) is 14.6. The number of fused-ring (bicyclic) bond motifs is 1. The van der Waals surface area contributed by atoms with E-state index < -0.39 is 0 Å². The Morgan fingerprint density at radius 2 is 1.56 bits per heavy atom. The maximum absolute atomic E-state index is 13.1. The third kappa shape index (κ3) is 2.71. The Bertz CT molecular complexity index is 864. The second-order valence-corrected chi connectivity index (χ2v) is 5.99. The molecule has 3 rings (SSSR count). The number of nitrogens with zero attached hydrogens (tertiary/aromatic N) is 1. The summed E-state index contributed by atoms with van der Waals surface area (Å²) in [5, 5.41) is 2.65. The zero-order valence-corrected chi connectivity index (χ0v) is 14.6. The van der Waals surface area contributed by atoms with E-state index >= 15 is 0 Å². The number of aryl methyl sites for hydroxylation is 2. The normalized spacial score (nSPS) is 13.2. The van der Waals surface area contributed by atoms with Crippen LogP contribution in [0.15, 0.2) is 36.4 Å². The summed E-state index contributed by atoms with van der Waals surface area (Å²) in [5.74, 6) is -1.02. The molecule has 1 heterocycles. The molecule has 0 saturated carbocycles. The maximum Gasteiger partial charge on any atom is 0.268 e. The molecule has 0 saturated heterocycles. The minimum atomic E-state index is -0.389. The summed E-state index contributed by atoms with van der Waals surface area (Å²) >= 11 is 0. The molecule has 0 bridgehead atoms. The number of nitrogens with one attached hydrogen (secondary N) is 1. The van der Waals surface area contributed by atoms with Crippen LogP contribution in [0.3, 0.4) is 0 Å². The summed E-state index contributed by atoms with van der Waals surface area (Å²) in [5.41, 5.74) is 3.54. The largest absolute Gasteiger partial charge is 0.326 e. The van der Waals surface area contributed by atoms with Gasteiger partial charge in [-0.15, -0.1) is 0 Å². The molecule has 0 atom stereocenters. The standard InChI is InChI=1S/C20H20N2O3/c1-4-13-8-6-9-14(5-2)18(13)22-19(24)15-10-7-11-16(21-12(3)23)17(15)20(22)25/h6-11H,4-5H2,1-3H3,(H,21,23). The number of anilines is 2. The molecule has 0 aromatic heterocycles. The summed E-state index contributed by atoms with van der Waals surface area (Å²) in [6.07, 6.45) is 1.43. The van der Waals surface area contributed by atoms with Crippen molar-refractivity contribution in [1.29, 1.82) is 0 Å². The number of hydrogen-bond donors (Lipinski definition) is 1. The number of hydrogen-bond acceptors (Lipinski definition) is 3. The fraction of sp³-hybridized carbons (Fsp3) is 0.250. The molecule has 2 aromatic rings. The summed E-state index contributed by atoms with van der Waals surface area (Å²) in [4.78, 5) is 38.8. The first-order valence-electron chi connectivity index (χ1n) is 8.39. The van der Waals surface area contributed by atoms with E-state index in [1.807, 2.05) is 32.0 Å². The van der Waals surface area contributed by atoms with Crippen LogP contribution in [0.4, 0.5) is 11.4 Å². The van der Waals surface area contributed by atoms with Crippen LogP contribution in [-0.2, 0) is 17.6 Å². The van der Waals surface area contributed by atoms with Crippen molar-refractivity contribution < 1.29 is 14.4 Å². The average molecular weight is 336 g/mol. The predicted octanol–water partition coefficient (Wildman–Crippen LogP) is 3.57. The van der Waals surface area contributed by atoms with Gasteiger partial charge < -0.3 is 5.32 Å². The lowest BCUT2D eigenvalue weighted by Crippen LogP contribution is -2.31. The van der Waals surface area contributed by atoms with Gasteiger partial charge in [0.1, 0.15) is 0 Å². The fourth-order valence-corrected chi connectivity index (χ4v) is 3.28. The third-order valence-corrected chi connectivity index (χ3v) is 4.41. The molecule has 0 spiro atoms. The van der Waals surface area contributed by atoms with Crippen LogP contribution in [0.2, 0.25) is 0 Å². The Morgan fingerprint density at radius 3 is 2.12 bits per heavy atom. The van der Waals surface area contributed by atoms with Crippen molar-refractivity contribution in [3.63, 3.8) is 0 Å². The summed E-state index contributed by atoms with van der Waals surface area (Å²) in [7, 11) is 0. The molecule has 25 heavy (non-hydrogen) atoms. The van der Waals surface area contributed by atoms with Crippen LogP contribution in [0.5, 0.6) is 0 Å². The molecule has 0 radical (unpaired) electrons. The van der Waals surface area contributed by atoms with E-state index in [1.165, 1.54) is 11.8 Å². The second-order valence-electron chi connectivity index (χ2n) is 5.99. The highest BCUT2D eigenvalue weighted by Gasteiger charge is 2.40. The first-order chi connectivity index (χ1) is 12.0. The average Bonchev–Trinajstić information content (AvgIpc) is 2.85. The van der Waals surface area contributed by atoms with Crippen LogP contribution in [0.1, 0.15) is 52.6 Å². The minimum Gasteiger partial charge on any atom is -0.326 e. The topological polar surface area (TPSA) is 66.5 Å². The van der Waals surface area contributed by atoms with Gasteiger partial charge in [-0.05, 0) is 36.1 Å². The summed E-state index contributed by atoms with van der Waals surface area (Å²) < 4.78 is 0. The zero-order chi connectivity index (χ0) is 18.1. The van der Waals surface area contributed by atoms with Gasteiger partial charge in [0.2, 0.25) is 5.91 Å². The molecular weight excluding hydrogens is 316 g/mol. The van der Waals surface area contributed by atoms with E-state index in [1.54, 1.807) is 18.2 Å². The number of rotatable bonds is 4. The smallest absolute Gasteiger partial charge is 0.268 e. The van der Waals surface area contributed by atoms with Crippen LogP contribution >= 0.6 is 0 Å². The molecule has 3 amide bonds. The first kappa shape index (κ1) is 16.9. The first-order valence-corrected chi connectivity index (χ1v) is 8.39. The van der Waals surface area contributed by atoms with E-state index in [2.05, 4.69) is 5.32 Å². The highest BCUT2D eigenvalue weighted by Crippen LogP contribution is 2.36. The number of carbonyl (C=O) groups excluding carboxylic acids is 3. The Morgan fingerprint density at radius 1 is 0.960 bits per heavy atom. The molecule has 0 aliphatic carbocycles. The number of carbonyl (C=O) groups is 3. The molecular formula is C20H20N2O3. The van der Waals surface area contributed by atoms with Crippen LogP contribution in [-0.4, -0.2) is 17.7 Å². The lowest BCUT2D eigenvalue weighted by atomic mass is 10.0. The lowest BCUT2D eigenvalue weighted by molar-refractivity contribution is -0.114. The van der Waals surface area contributed by atoms with Gasteiger partial charge in [-0.25, -0.2) is 4.90 Å². The van der Waals surface area contributed by atoms with Crippen molar-refractivity contribution in [3.8, 4) is 0 Å². The van der Waals surface area contributed by atoms with E-state index in [-0.39, 0.29) is 23.3 Å². The van der Waals surface area contributed by atoms with Crippen molar-refractivity contribution in [3.05, 3.63) is 58.7 Å². The second kappa shape index (κ2) is 6.51. The van der Waals surface area contributed by atoms with Crippen LogP contribution in [0, 0.1) is 0 Å². The fourth-order valence-electron chi connectivity index (χ4n) is 3.28. The van der Waals surface area contributed by atoms with E-state index in [9.17, 15) is 14.4 Å². The van der Waals surface area contributed by atoms with Gasteiger partial charge in [-0.1, -0.05) is 38.1 Å².